The molecule has 3 rings (SSSR count). The van der Waals surface area contributed by atoms with Crippen molar-refractivity contribution in [3.8, 4) is 22.9 Å². The number of amides is 1. The summed E-state index contributed by atoms with van der Waals surface area (Å²) in [6, 6.07) is 22.3. The Balaban J connectivity index is 0.000000785. The lowest BCUT2D eigenvalue weighted by Gasteiger charge is -2.16. The predicted molar refractivity (Wildman–Crippen MR) is 124 cm³/mol. The van der Waals surface area contributed by atoms with E-state index >= 15 is 0 Å². The summed E-state index contributed by atoms with van der Waals surface area (Å²) in [6.45, 7) is 4.75. The van der Waals surface area contributed by atoms with Gasteiger partial charge in [-0.25, -0.2) is 5.84 Å². The highest BCUT2D eigenvalue weighted by Gasteiger charge is 2.09. The lowest BCUT2D eigenvalue weighted by atomic mass is 10.0. The molecule has 6 heteroatoms. The van der Waals surface area contributed by atoms with Crippen LogP contribution in [0.3, 0.4) is 0 Å². The molecule has 0 saturated heterocycles. The maximum absolute atomic E-state index is 9.10. The Kier molecular flexibility index (Phi) is 9.09. The summed E-state index contributed by atoms with van der Waals surface area (Å²) in [4.78, 5) is 8.94. The largest absolute Gasteiger partial charge is 0.489 e. The van der Waals surface area contributed by atoms with E-state index in [9.17, 15) is 0 Å². The minimum absolute atomic E-state index is 0.403. The van der Waals surface area contributed by atoms with Crippen LogP contribution in [0, 0.1) is 18.3 Å². The predicted octanol–water partition coefficient (Wildman–Crippen LogP) is 4.32. The van der Waals surface area contributed by atoms with Crippen LogP contribution in [0.1, 0.15) is 29.2 Å². The van der Waals surface area contributed by atoms with Crippen molar-refractivity contribution in [3.63, 3.8) is 0 Å². The quantitative estimate of drug-likeness (QED) is 0.230. The standard InChI is InChI=1S/C24H24N2O.CH4N2O/c1-4-19-8-6-10-23(26-3)22(19)16-27-24-12-11-21(13-17(24)2)20-9-5-7-18(14-20)15-25;2-3-1-4/h5-14,26H,4,16H2,1-3H3;1H,2H2,(H,3,4). The number of carbonyl (C=O) groups excluding carboxylic acids is 1. The lowest BCUT2D eigenvalue weighted by molar-refractivity contribution is -0.109. The zero-order chi connectivity index (χ0) is 22.6. The van der Waals surface area contributed by atoms with Gasteiger partial charge < -0.3 is 10.1 Å². The summed E-state index contributed by atoms with van der Waals surface area (Å²) in [7, 11) is 1.94. The van der Waals surface area contributed by atoms with Crippen molar-refractivity contribution in [2.45, 2.75) is 26.9 Å². The molecule has 0 atom stereocenters. The molecule has 0 aliphatic rings. The monoisotopic (exact) mass is 416 g/mol. The molecule has 31 heavy (non-hydrogen) atoms. The normalized spacial score (nSPS) is 9.65. The summed E-state index contributed by atoms with van der Waals surface area (Å²) in [5, 5.41) is 12.4. The number of nitrogens with two attached hydrogens (primary N) is 1. The van der Waals surface area contributed by atoms with E-state index in [0.717, 1.165) is 34.5 Å². The van der Waals surface area contributed by atoms with Gasteiger partial charge in [-0.15, -0.1) is 0 Å². The number of carbonyl (C=O) groups is 1. The average Bonchev–Trinajstić information content (AvgIpc) is 2.83. The Morgan fingerprint density at radius 1 is 1.10 bits per heavy atom. The number of rotatable bonds is 7. The summed E-state index contributed by atoms with van der Waals surface area (Å²) in [6.07, 6.45) is 1.38. The van der Waals surface area contributed by atoms with Crippen LogP contribution in [0.15, 0.2) is 60.7 Å². The van der Waals surface area contributed by atoms with Crippen molar-refractivity contribution in [2.75, 3.05) is 12.4 Å². The number of hydrazine groups is 1. The second-order valence-electron chi connectivity index (χ2n) is 6.79. The van der Waals surface area contributed by atoms with Crippen LogP contribution in [0.25, 0.3) is 11.1 Å². The van der Waals surface area contributed by atoms with Gasteiger partial charge in [-0.1, -0.05) is 37.3 Å². The molecule has 3 aromatic carbocycles. The van der Waals surface area contributed by atoms with Crippen molar-refractivity contribution >= 4 is 12.1 Å². The van der Waals surface area contributed by atoms with Crippen LogP contribution >= 0.6 is 0 Å². The molecule has 1 amide bonds. The molecule has 6 nitrogen and oxygen atoms in total. The van der Waals surface area contributed by atoms with Crippen molar-refractivity contribution in [1.29, 1.82) is 5.26 Å². The minimum atomic E-state index is 0.403. The molecule has 0 aliphatic carbocycles. The van der Waals surface area contributed by atoms with E-state index in [0.29, 0.717) is 18.6 Å². The third-order valence-corrected chi connectivity index (χ3v) is 4.86. The van der Waals surface area contributed by atoms with Gasteiger partial charge in [-0.05, 0) is 65.9 Å². The highest BCUT2D eigenvalue weighted by molar-refractivity contribution is 5.67. The molecule has 0 unspecified atom stereocenters. The van der Waals surface area contributed by atoms with Crippen LogP contribution in [0.5, 0.6) is 5.75 Å². The van der Waals surface area contributed by atoms with E-state index in [1.807, 2.05) is 43.4 Å². The number of ether oxygens (including phenoxy) is 1. The first kappa shape index (κ1) is 23.5. The van der Waals surface area contributed by atoms with Gasteiger partial charge in [0.25, 0.3) is 0 Å². The maximum atomic E-state index is 9.10. The fraction of sp³-hybridized carbons (Fsp3) is 0.200. The van der Waals surface area contributed by atoms with Gasteiger partial charge in [0.15, 0.2) is 0 Å². The van der Waals surface area contributed by atoms with Crippen molar-refractivity contribution in [2.24, 2.45) is 5.84 Å². The van der Waals surface area contributed by atoms with E-state index in [-0.39, 0.29) is 0 Å². The molecule has 0 aliphatic heterocycles. The minimum Gasteiger partial charge on any atom is -0.489 e. The summed E-state index contributed by atoms with van der Waals surface area (Å²) in [5.41, 5.74) is 9.23. The molecule has 0 saturated carbocycles. The Morgan fingerprint density at radius 3 is 2.42 bits per heavy atom. The van der Waals surface area contributed by atoms with Crippen molar-refractivity contribution in [1.82, 2.24) is 5.43 Å². The SMILES string of the molecule is CCc1cccc(NC)c1COc1ccc(-c2cccc(C#N)c2)cc1C.NNC=O. The van der Waals surface area contributed by atoms with E-state index < -0.39 is 0 Å². The second-order valence-corrected chi connectivity index (χ2v) is 6.79. The maximum Gasteiger partial charge on any atom is 0.221 e. The third-order valence-electron chi connectivity index (χ3n) is 4.86. The van der Waals surface area contributed by atoms with Gasteiger partial charge in [0.1, 0.15) is 12.4 Å². The van der Waals surface area contributed by atoms with E-state index in [2.05, 4.69) is 55.3 Å². The number of nitriles is 1. The first-order valence-corrected chi connectivity index (χ1v) is 10.00. The molecule has 0 bridgehead atoms. The number of nitrogens with zero attached hydrogens (tertiary/aromatic N) is 1. The van der Waals surface area contributed by atoms with Crippen LogP contribution in [0.4, 0.5) is 5.69 Å². The molecule has 0 heterocycles. The van der Waals surface area contributed by atoms with Gasteiger partial charge in [0.05, 0.1) is 11.6 Å². The topological polar surface area (TPSA) is 100 Å². The van der Waals surface area contributed by atoms with Gasteiger partial charge in [-0.3, -0.25) is 10.2 Å². The summed E-state index contributed by atoms with van der Waals surface area (Å²) < 4.78 is 6.15. The van der Waals surface area contributed by atoms with Crippen LogP contribution in [-0.2, 0) is 17.8 Å². The molecule has 0 aromatic heterocycles. The molecular weight excluding hydrogens is 388 g/mol. The van der Waals surface area contributed by atoms with E-state index in [1.54, 1.807) is 5.43 Å². The fourth-order valence-corrected chi connectivity index (χ4v) is 3.28. The zero-order valence-electron chi connectivity index (χ0n) is 18.1. The molecular formula is C25H28N4O2. The molecule has 3 aromatic rings. The lowest BCUT2D eigenvalue weighted by Crippen LogP contribution is -2.18. The van der Waals surface area contributed by atoms with Crippen molar-refractivity contribution < 1.29 is 9.53 Å². The molecule has 0 spiro atoms. The molecule has 160 valence electrons. The Labute approximate surface area is 183 Å². The van der Waals surface area contributed by atoms with Gasteiger partial charge >= 0.3 is 0 Å². The number of benzene rings is 3. The molecule has 0 radical (unpaired) electrons. The first-order chi connectivity index (χ1) is 15.1. The molecule has 4 N–H and O–H groups in total. The van der Waals surface area contributed by atoms with E-state index in [1.165, 1.54) is 11.1 Å². The number of aryl methyl sites for hydroxylation is 2. The Morgan fingerprint density at radius 2 is 1.81 bits per heavy atom. The highest BCUT2D eigenvalue weighted by Crippen LogP contribution is 2.29. The number of hydrogen-bond donors (Lipinski definition) is 3. The Hall–Kier alpha value is -3.82. The average molecular weight is 417 g/mol. The van der Waals surface area contributed by atoms with Crippen LogP contribution < -0.4 is 21.3 Å². The molecule has 0 fully saturated rings. The second kappa shape index (κ2) is 12.0. The smallest absolute Gasteiger partial charge is 0.221 e. The summed E-state index contributed by atoms with van der Waals surface area (Å²) >= 11 is 0. The van der Waals surface area contributed by atoms with Crippen molar-refractivity contribution in [3.05, 3.63) is 82.9 Å². The first-order valence-electron chi connectivity index (χ1n) is 10.00. The third kappa shape index (κ3) is 6.33. The van der Waals surface area contributed by atoms with Crippen LogP contribution in [-0.4, -0.2) is 13.5 Å². The fourth-order valence-electron chi connectivity index (χ4n) is 3.28. The van der Waals surface area contributed by atoms with E-state index in [4.69, 9.17) is 14.8 Å². The summed E-state index contributed by atoms with van der Waals surface area (Å²) in [5.74, 6) is 5.29. The number of anilines is 1. The van der Waals surface area contributed by atoms with Gasteiger partial charge in [0, 0.05) is 18.3 Å². The zero-order valence-corrected chi connectivity index (χ0v) is 18.1. The van der Waals surface area contributed by atoms with Gasteiger partial charge in [0.2, 0.25) is 6.41 Å². The van der Waals surface area contributed by atoms with Gasteiger partial charge in [-0.2, -0.15) is 5.26 Å². The highest BCUT2D eigenvalue weighted by atomic mass is 16.5. The Bertz CT molecular complexity index is 1040. The number of hydrogen-bond acceptors (Lipinski definition) is 5. The van der Waals surface area contributed by atoms with Crippen LogP contribution in [0.2, 0.25) is 0 Å². The number of nitrogens with one attached hydrogen (secondary N) is 2.